The molecule has 0 amide bonds. The van der Waals surface area contributed by atoms with E-state index < -0.39 is 0 Å². The molecule has 0 aromatic heterocycles. The number of rotatable bonds is 10. The molecule has 6 heteroatoms. The molecule has 148 valence electrons. The zero-order valence-electron chi connectivity index (χ0n) is 16.3. The molecule has 0 saturated heterocycles. The third-order valence-electron chi connectivity index (χ3n) is 6.04. The van der Waals surface area contributed by atoms with Crippen LogP contribution in [0.1, 0.15) is 56.9 Å². The van der Waals surface area contributed by atoms with Crippen LogP contribution in [-0.2, 0) is 20.8 Å². The minimum atomic E-state index is -0.249. The second-order valence-electron chi connectivity index (χ2n) is 8.09. The van der Waals surface area contributed by atoms with Crippen LogP contribution in [0.25, 0.3) is 10.4 Å². The van der Waals surface area contributed by atoms with Gasteiger partial charge in [0.1, 0.15) is 6.79 Å². The number of ether oxygens (including phenoxy) is 3. The van der Waals surface area contributed by atoms with E-state index in [1.165, 1.54) is 18.4 Å². The first-order valence-corrected chi connectivity index (χ1v) is 10.0. The molecule has 0 radical (unpaired) electrons. The van der Waals surface area contributed by atoms with Crippen LogP contribution in [-0.4, -0.2) is 31.6 Å². The number of benzene rings is 1. The van der Waals surface area contributed by atoms with Crippen molar-refractivity contribution in [3.8, 4) is 0 Å². The van der Waals surface area contributed by atoms with Gasteiger partial charge in [0.15, 0.2) is 0 Å². The maximum atomic E-state index is 8.55. The van der Waals surface area contributed by atoms with Crippen LogP contribution in [0.3, 0.4) is 0 Å². The van der Waals surface area contributed by atoms with Gasteiger partial charge in [-0.15, -0.1) is 0 Å². The van der Waals surface area contributed by atoms with E-state index in [1.54, 1.807) is 7.11 Å². The SMILES string of the molecule is COCOC1(CCCN=[N+]=[N-])CC2CCCC(OCc3ccccc3)(C2)C1. The smallest absolute Gasteiger partial charge is 0.147 e. The zero-order valence-corrected chi connectivity index (χ0v) is 16.3. The Morgan fingerprint density at radius 1 is 1.22 bits per heavy atom. The molecular weight excluding hydrogens is 342 g/mol. The van der Waals surface area contributed by atoms with Crippen LogP contribution in [0.4, 0.5) is 0 Å². The third-order valence-corrected chi connectivity index (χ3v) is 6.04. The highest BCUT2D eigenvalue weighted by Gasteiger charge is 2.51. The van der Waals surface area contributed by atoms with E-state index in [0.29, 0.717) is 25.9 Å². The Kier molecular flexibility index (Phi) is 7.13. The second-order valence-corrected chi connectivity index (χ2v) is 8.09. The minimum absolute atomic E-state index is 0.122. The largest absolute Gasteiger partial charge is 0.370 e. The highest BCUT2D eigenvalue weighted by atomic mass is 16.7. The van der Waals surface area contributed by atoms with E-state index in [-0.39, 0.29) is 11.2 Å². The Morgan fingerprint density at radius 3 is 2.85 bits per heavy atom. The maximum Gasteiger partial charge on any atom is 0.147 e. The number of fused-ring (bicyclic) bond motifs is 2. The van der Waals surface area contributed by atoms with Crippen molar-refractivity contribution < 1.29 is 14.2 Å². The van der Waals surface area contributed by atoms with Crippen molar-refractivity contribution in [2.45, 2.75) is 69.2 Å². The molecular formula is C21H31N3O3. The molecule has 3 unspecified atom stereocenters. The topological polar surface area (TPSA) is 76.5 Å². The summed E-state index contributed by atoms with van der Waals surface area (Å²) in [4.78, 5) is 2.87. The van der Waals surface area contributed by atoms with Crippen molar-refractivity contribution in [2.24, 2.45) is 11.0 Å². The summed E-state index contributed by atoms with van der Waals surface area (Å²) in [6.45, 7) is 1.45. The summed E-state index contributed by atoms with van der Waals surface area (Å²) in [5, 5.41) is 3.70. The molecule has 6 nitrogen and oxygen atoms in total. The summed E-state index contributed by atoms with van der Waals surface area (Å²) in [5.41, 5.74) is 9.39. The molecule has 1 aromatic carbocycles. The standard InChI is InChI=1S/C21H31N3O3/c1-25-17-27-21(11-6-12-23-24-22)14-19-9-5-10-20(13-19,16-21)26-15-18-7-3-2-4-8-18/h2-4,7-8,19H,5-6,9-17H2,1H3. The van der Waals surface area contributed by atoms with E-state index in [0.717, 1.165) is 38.5 Å². The van der Waals surface area contributed by atoms with Crippen LogP contribution in [0, 0.1) is 5.92 Å². The normalized spacial score (nSPS) is 29.9. The van der Waals surface area contributed by atoms with E-state index in [4.69, 9.17) is 19.7 Å². The van der Waals surface area contributed by atoms with Gasteiger partial charge < -0.3 is 14.2 Å². The van der Waals surface area contributed by atoms with Crippen LogP contribution in [0.5, 0.6) is 0 Å². The number of nitrogens with zero attached hydrogens (tertiary/aromatic N) is 3. The molecule has 2 aliphatic rings. The van der Waals surface area contributed by atoms with Crippen molar-refractivity contribution in [1.82, 2.24) is 0 Å². The molecule has 2 bridgehead atoms. The molecule has 2 fully saturated rings. The van der Waals surface area contributed by atoms with Crippen molar-refractivity contribution in [3.63, 3.8) is 0 Å². The molecule has 3 rings (SSSR count). The van der Waals surface area contributed by atoms with Crippen molar-refractivity contribution in [3.05, 3.63) is 46.3 Å². The van der Waals surface area contributed by atoms with Crippen LogP contribution >= 0.6 is 0 Å². The molecule has 0 N–H and O–H groups in total. The summed E-state index contributed by atoms with van der Waals surface area (Å²) in [5.74, 6) is 0.625. The predicted molar refractivity (Wildman–Crippen MR) is 104 cm³/mol. The molecule has 1 aromatic rings. The highest BCUT2D eigenvalue weighted by Crippen LogP contribution is 2.52. The average molecular weight is 373 g/mol. The Bertz CT molecular complexity index is 635. The molecule has 3 atom stereocenters. The first-order chi connectivity index (χ1) is 13.2. The van der Waals surface area contributed by atoms with Gasteiger partial charge in [0.05, 0.1) is 17.8 Å². The van der Waals surface area contributed by atoms with Gasteiger partial charge in [-0.2, -0.15) is 0 Å². The molecule has 0 heterocycles. The van der Waals surface area contributed by atoms with Gasteiger partial charge in [0.25, 0.3) is 0 Å². The summed E-state index contributed by atoms with van der Waals surface area (Å²) >= 11 is 0. The predicted octanol–water partition coefficient (Wildman–Crippen LogP) is 5.38. The van der Waals surface area contributed by atoms with Gasteiger partial charge in [-0.05, 0) is 49.1 Å². The fourth-order valence-corrected chi connectivity index (χ4v) is 5.03. The van der Waals surface area contributed by atoms with Crippen LogP contribution in [0.15, 0.2) is 35.4 Å². The number of hydrogen-bond acceptors (Lipinski definition) is 4. The molecule has 27 heavy (non-hydrogen) atoms. The summed E-state index contributed by atoms with van der Waals surface area (Å²) in [6.07, 6.45) is 8.31. The Balaban J connectivity index is 1.72. The van der Waals surface area contributed by atoms with E-state index in [9.17, 15) is 0 Å². The second kappa shape index (κ2) is 9.56. The summed E-state index contributed by atoms with van der Waals surface area (Å²) < 4.78 is 18.1. The monoisotopic (exact) mass is 373 g/mol. The Hall–Kier alpha value is -1.59. The number of azide groups is 1. The summed E-state index contributed by atoms with van der Waals surface area (Å²) in [7, 11) is 1.67. The highest BCUT2D eigenvalue weighted by molar-refractivity contribution is 5.14. The lowest BCUT2D eigenvalue weighted by Gasteiger charge is -2.53. The molecule has 0 spiro atoms. The Labute approximate surface area is 161 Å². The quantitative estimate of drug-likeness (QED) is 0.182. The first-order valence-electron chi connectivity index (χ1n) is 10.0. The molecule has 2 aliphatic carbocycles. The van der Waals surface area contributed by atoms with Crippen molar-refractivity contribution in [1.29, 1.82) is 0 Å². The lowest BCUT2D eigenvalue weighted by molar-refractivity contribution is -0.219. The number of methoxy groups -OCH3 is 1. The fourth-order valence-electron chi connectivity index (χ4n) is 5.03. The fraction of sp³-hybridized carbons (Fsp3) is 0.714. The number of hydrogen-bond donors (Lipinski definition) is 0. The van der Waals surface area contributed by atoms with Gasteiger partial charge in [0, 0.05) is 25.0 Å². The van der Waals surface area contributed by atoms with Crippen molar-refractivity contribution in [2.75, 3.05) is 20.4 Å². The average Bonchev–Trinajstić information content (AvgIpc) is 2.69. The minimum Gasteiger partial charge on any atom is -0.370 e. The zero-order chi connectivity index (χ0) is 19.0. The Morgan fingerprint density at radius 2 is 2.07 bits per heavy atom. The van der Waals surface area contributed by atoms with E-state index in [2.05, 4.69) is 34.3 Å². The van der Waals surface area contributed by atoms with Gasteiger partial charge in [-0.3, -0.25) is 0 Å². The lowest BCUT2D eigenvalue weighted by atomic mass is 9.62. The van der Waals surface area contributed by atoms with Crippen LogP contribution < -0.4 is 0 Å². The van der Waals surface area contributed by atoms with E-state index >= 15 is 0 Å². The van der Waals surface area contributed by atoms with Crippen molar-refractivity contribution >= 4 is 0 Å². The third kappa shape index (κ3) is 5.45. The first kappa shape index (κ1) is 20.2. The van der Waals surface area contributed by atoms with Gasteiger partial charge in [-0.25, -0.2) is 0 Å². The molecule has 2 saturated carbocycles. The van der Waals surface area contributed by atoms with E-state index in [1.807, 2.05) is 6.07 Å². The summed E-state index contributed by atoms with van der Waals surface area (Å²) in [6, 6.07) is 10.4. The maximum absolute atomic E-state index is 8.55. The van der Waals surface area contributed by atoms with Gasteiger partial charge in [0.2, 0.25) is 0 Å². The van der Waals surface area contributed by atoms with Gasteiger partial charge >= 0.3 is 0 Å². The van der Waals surface area contributed by atoms with Gasteiger partial charge in [-0.1, -0.05) is 48.3 Å². The molecule has 0 aliphatic heterocycles. The van der Waals surface area contributed by atoms with Crippen LogP contribution in [0.2, 0.25) is 0 Å². The lowest BCUT2D eigenvalue weighted by Crippen LogP contribution is -2.53.